The molecule has 0 aliphatic carbocycles. The van der Waals surface area contributed by atoms with Crippen molar-refractivity contribution in [2.45, 2.75) is 6.04 Å². The van der Waals surface area contributed by atoms with Gasteiger partial charge in [-0.3, -0.25) is 14.7 Å². The Kier molecular flexibility index (Phi) is 3.49. The molecule has 4 nitrogen and oxygen atoms in total. The molecule has 1 aliphatic rings. The van der Waals surface area contributed by atoms with Crippen molar-refractivity contribution < 1.29 is 9.18 Å². The van der Waals surface area contributed by atoms with E-state index in [2.05, 4.69) is 9.88 Å². The number of nitrogens with zero attached hydrogens (tertiary/aromatic N) is 3. The van der Waals surface area contributed by atoms with Crippen LogP contribution in [0.2, 0.25) is 0 Å². The number of ketones is 1. The Hall–Kier alpha value is -1.33. The summed E-state index contributed by atoms with van der Waals surface area (Å²) < 4.78 is 13.0. The largest absolute Gasteiger partial charge is 0.303 e. The molecule has 1 fully saturated rings. The summed E-state index contributed by atoms with van der Waals surface area (Å²) >= 11 is 0. The van der Waals surface area contributed by atoms with Gasteiger partial charge >= 0.3 is 0 Å². The van der Waals surface area contributed by atoms with Crippen LogP contribution in [-0.4, -0.2) is 60.3 Å². The summed E-state index contributed by atoms with van der Waals surface area (Å²) in [5.74, 6) is -0.534. The van der Waals surface area contributed by atoms with Gasteiger partial charge in [0.05, 0.1) is 12.2 Å². The van der Waals surface area contributed by atoms with Crippen molar-refractivity contribution in [2.24, 2.45) is 0 Å². The molecule has 17 heavy (non-hydrogen) atoms. The van der Waals surface area contributed by atoms with Gasteiger partial charge in [0.1, 0.15) is 5.82 Å². The van der Waals surface area contributed by atoms with Crippen LogP contribution in [0.1, 0.15) is 10.4 Å². The molecule has 1 unspecified atom stereocenters. The number of hydrogen-bond donors (Lipinski definition) is 0. The van der Waals surface area contributed by atoms with Gasteiger partial charge in [0.2, 0.25) is 0 Å². The van der Waals surface area contributed by atoms with Crippen molar-refractivity contribution in [2.75, 3.05) is 33.7 Å². The van der Waals surface area contributed by atoms with Crippen molar-refractivity contribution in [1.82, 2.24) is 14.8 Å². The van der Waals surface area contributed by atoms with Gasteiger partial charge < -0.3 is 4.90 Å². The first-order valence-electron chi connectivity index (χ1n) is 5.61. The highest BCUT2D eigenvalue weighted by Crippen LogP contribution is 2.12. The summed E-state index contributed by atoms with van der Waals surface area (Å²) in [7, 11) is 3.90. The Morgan fingerprint density at radius 3 is 2.88 bits per heavy atom. The summed E-state index contributed by atoms with van der Waals surface area (Å²) in [6.45, 7) is 2.46. The number of rotatable bonds is 2. The molecule has 0 aromatic carbocycles. The van der Waals surface area contributed by atoms with Crippen LogP contribution in [0.25, 0.3) is 0 Å². The van der Waals surface area contributed by atoms with E-state index < -0.39 is 5.82 Å². The first-order valence-corrected chi connectivity index (χ1v) is 5.61. The number of carbonyl (C=O) groups is 1. The molecule has 1 atom stereocenters. The summed E-state index contributed by atoms with van der Waals surface area (Å²) in [6, 6.07) is 1.04. The summed E-state index contributed by atoms with van der Waals surface area (Å²) in [4.78, 5) is 20.1. The number of aromatic nitrogens is 1. The molecule has 92 valence electrons. The molecule has 2 heterocycles. The third kappa shape index (κ3) is 2.68. The van der Waals surface area contributed by atoms with E-state index in [0.717, 1.165) is 19.3 Å². The lowest BCUT2D eigenvalue weighted by Crippen LogP contribution is -2.53. The molecule has 1 aromatic rings. The molecule has 0 bridgehead atoms. The van der Waals surface area contributed by atoms with E-state index in [4.69, 9.17) is 0 Å². The number of Topliss-reactive ketones (excluding diaryl/α,β-unsaturated/α-hetero) is 1. The van der Waals surface area contributed by atoms with Crippen molar-refractivity contribution >= 4 is 5.78 Å². The topological polar surface area (TPSA) is 36.4 Å². The van der Waals surface area contributed by atoms with E-state index in [1.54, 1.807) is 0 Å². The van der Waals surface area contributed by atoms with Crippen LogP contribution in [0.3, 0.4) is 0 Å². The average molecular weight is 237 g/mol. The van der Waals surface area contributed by atoms with Crippen LogP contribution in [0.4, 0.5) is 4.39 Å². The van der Waals surface area contributed by atoms with E-state index in [1.807, 2.05) is 19.0 Å². The zero-order valence-corrected chi connectivity index (χ0v) is 10.1. The van der Waals surface area contributed by atoms with Crippen LogP contribution >= 0.6 is 0 Å². The second-order valence-corrected chi connectivity index (χ2v) is 4.51. The Labute approximate surface area is 100 Å². The van der Waals surface area contributed by atoms with Gasteiger partial charge in [0.25, 0.3) is 0 Å². The van der Waals surface area contributed by atoms with E-state index in [0.29, 0.717) is 12.1 Å². The quantitative estimate of drug-likeness (QED) is 0.708. The second-order valence-electron chi connectivity index (χ2n) is 4.51. The van der Waals surface area contributed by atoms with Crippen LogP contribution in [0, 0.1) is 5.82 Å². The highest BCUT2D eigenvalue weighted by atomic mass is 19.1. The smallest absolute Gasteiger partial charge is 0.182 e. The molecule has 0 saturated carbocycles. The van der Waals surface area contributed by atoms with Gasteiger partial charge in [-0.05, 0) is 20.2 Å². The minimum absolute atomic E-state index is 0.0638. The minimum Gasteiger partial charge on any atom is -0.303 e. The standard InChI is InChI=1S/C12H16FN3O/c1-15-3-4-16(2)11(8-15)12(17)9-5-10(13)7-14-6-9/h5-7,11H,3-4,8H2,1-2H3. The third-order valence-corrected chi connectivity index (χ3v) is 3.14. The lowest BCUT2D eigenvalue weighted by Gasteiger charge is -2.36. The Balaban J connectivity index is 2.18. The van der Waals surface area contributed by atoms with Gasteiger partial charge in [-0.1, -0.05) is 0 Å². The Morgan fingerprint density at radius 2 is 2.18 bits per heavy atom. The average Bonchev–Trinajstić information content (AvgIpc) is 2.31. The molecule has 1 saturated heterocycles. The van der Waals surface area contributed by atoms with Crippen molar-refractivity contribution in [3.8, 4) is 0 Å². The Morgan fingerprint density at radius 1 is 1.41 bits per heavy atom. The minimum atomic E-state index is -0.470. The number of halogens is 1. The monoisotopic (exact) mass is 237 g/mol. The molecule has 1 aliphatic heterocycles. The van der Waals surface area contributed by atoms with Crippen LogP contribution in [0.15, 0.2) is 18.5 Å². The SMILES string of the molecule is CN1CCN(C)C(C(=O)c2cncc(F)c2)C1. The first kappa shape index (κ1) is 12.1. The van der Waals surface area contributed by atoms with Gasteiger partial charge in [0, 0.05) is 31.4 Å². The lowest BCUT2D eigenvalue weighted by molar-refractivity contribution is 0.0685. The van der Waals surface area contributed by atoms with Crippen molar-refractivity contribution in [3.05, 3.63) is 29.8 Å². The van der Waals surface area contributed by atoms with Crippen LogP contribution in [0.5, 0.6) is 0 Å². The van der Waals surface area contributed by atoms with E-state index in [1.165, 1.54) is 12.3 Å². The summed E-state index contributed by atoms with van der Waals surface area (Å²) in [6.07, 6.45) is 2.53. The van der Waals surface area contributed by atoms with Crippen LogP contribution < -0.4 is 0 Å². The highest BCUT2D eigenvalue weighted by molar-refractivity contribution is 6.00. The summed E-state index contributed by atoms with van der Waals surface area (Å²) in [5, 5.41) is 0. The maximum absolute atomic E-state index is 13.0. The van der Waals surface area contributed by atoms with Crippen molar-refractivity contribution in [1.29, 1.82) is 0 Å². The molecule has 0 amide bonds. The molecule has 1 aromatic heterocycles. The molecule has 5 heteroatoms. The van der Waals surface area contributed by atoms with Gasteiger partial charge in [0.15, 0.2) is 5.78 Å². The predicted octanol–water partition coefficient (Wildman–Crippen LogP) is 0.649. The second kappa shape index (κ2) is 4.89. The molecule has 0 radical (unpaired) electrons. The van der Waals surface area contributed by atoms with Crippen molar-refractivity contribution in [3.63, 3.8) is 0 Å². The van der Waals surface area contributed by atoms with Gasteiger partial charge in [-0.2, -0.15) is 0 Å². The zero-order chi connectivity index (χ0) is 12.4. The Bertz CT molecular complexity index is 424. The predicted molar refractivity (Wildman–Crippen MR) is 62.4 cm³/mol. The number of piperazine rings is 1. The fourth-order valence-electron chi connectivity index (χ4n) is 2.03. The maximum Gasteiger partial charge on any atom is 0.182 e. The molecule has 0 N–H and O–H groups in total. The van der Waals surface area contributed by atoms with E-state index in [-0.39, 0.29) is 11.8 Å². The first-order chi connectivity index (χ1) is 8.08. The number of likely N-dealkylation sites (N-methyl/N-ethyl adjacent to an activating group) is 2. The molecular weight excluding hydrogens is 221 g/mol. The third-order valence-electron chi connectivity index (χ3n) is 3.14. The molecule has 0 spiro atoms. The van der Waals surface area contributed by atoms with Crippen LogP contribution in [-0.2, 0) is 0 Å². The maximum atomic E-state index is 13.0. The normalized spacial score (nSPS) is 22.6. The van der Waals surface area contributed by atoms with Gasteiger partial charge in [-0.15, -0.1) is 0 Å². The highest BCUT2D eigenvalue weighted by Gasteiger charge is 2.29. The zero-order valence-electron chi connectivity index (χ0n) is 10.1. The molecule has 2 rings (SSSR count). The van der Waals surface area contributed by atoms with Gasteiger partial charge in [-0.25, -0.2) is 4.39 Å². The number of hydrogen-bond acceptors (Lipinski definition) is 4. The fraction of sp³-hybridized carbons (Fsp3) is 0.500. The van der Waals surface area contributed by atoms with E-state index in [9.17, 15) is 9.18 Å². The van der Waals surface area contributed by atoms with E-state index >= 15 is 0 Å². The summed E-state index contributed by atoms with van der Waals surface area (Å²) in [5.41, 5.74) is 0.345. The number of carbonyl (C=O) groups excluding carboxylic acids is 1. The fourth-order valence-corrected chi connectivity index (χ4v) is 2.03. The number of pyridine rings is 1. The molecular formula is C12H16FN3O. The lowest BCUT2D eigenvalue weighted by atomic mass is 10.0.